The molecule has 3 nitrogen and oxygen atoms in total. The zero-order valence-corrected chi connectivity index (χ0v) is 8.34. The number of esters is 1. The first kappa shape index (κ1) is 7.95. The standard InChI is InChI=1S/C9H11O3P/c1-2-12-8(10)7-5-3-4-6-9(5,7)13(6)11/h5,7H,2-4H2,1H3. The SMILES string of the molecule is CCOC(=O)C1C2CCC3=[P+]([O-])C321. The molecule has 1 aliphatic heterocycles. The van der Waals surface area contributed by atoms with Crippen LogP contribution in [0.15, 0.2) is 0 Å². The van der Waals surface area contributed by atoms with Crippen LogP contribution in [0.25, 0.3) is 0 Å². The van der Waals surface area contributed by atoms with Crippen molar-refractivity contribution in [3.63, 3.8) is 0 Å². The van der Waals surface area contributed by atoms with E-state index >= 15 is 0 Å². The maximum Gasteiger partial charge on any atom is 0.314 e. The Labute approximate surface area is 77.6 Å². The van der Waals surface area contributed by atoms with Gasteiger partial charge in [-0.1, -0.05) is 0 Å². The van der Waals surface area contributed by atoms with E-state index in [4.69, 9.17) is 4.74 Å². The molecule has 0 aromatic rings. The molecule has 0 aromatic heterocycles. The highest BCUT2D eigenvalue weighted by atomic mass is 31.1. The summed E-state index contributed by atoms with van der Waals surface area (Å²) in [6.45, 7) is 2.25. The van der Waals surface area contributed by atoms with Gasteiger partial charge in [0, 0.05) is 12.3 Å². The number of carbonyl (C=O) groups excluding carboxylic acids is 1. The molecule has 2 aliphatic carbocycles. The van der Waals surface area contributed by atoms with Crippen molar-refractivity contribution in [1.29, 1.82) is 0 Å². The van der Waals surface area contributed by atoms with Crippen molar-refractivity contribution < 1.29 is 14.4 Å². The Morgan fingerprint density at radius 1 is 1.85 bits per heavy atom. The van der Waals surface area contributed by atoms with E-state index in [0.717, 1.165) is 12.8 Å². The lowest BCUT2D eigenvalue weighted by molar-refractivity contribution is -0.153. The van der Waals surface area contributed by atoms with Gasteiger partial charge in [-0.2, -0.15) is 0 Å². The summed E-state index contributed by atoms with van der Waals surface area (Å²) in [5, 5.41) is 1.05. The summed E-state index contributed by atoms with van der Waals surface area (Å²) in [6.07, 6.45) is 2.05. The van der Waals surface area contributed by atoms with Crippen LogP contribution in [0.4, 0.5) is 0 Å². The summed E-state index contributed by atoms with van der Waals surface area (Å²) in [4.78, 5) is 22.9. The Hall–Kier alpha value is -0.400. The molecule has 0 amide bonds. The molecule has 1 heterocycles. The predicted molar refractivity (Wildman–Crippen MR) is 47.5 cm³/mol. The average molecular weight is 198 g/mol. The van der Waals surface area contributed by atoms with E-state index in [2.05, 4.69) is 0 Å². The molecule has 3 rings (SSSR count). The lowest BCUT2D eigenvalue weighted by Gasteiger charge is -1.99. The van der Waals surface area contributed by atoms with E-state index in [1.54, 1.807) is 0 Å². The highest BCUT2D eigenvalue weighted by molar-refractivity contribution is 7.67. The third-order valence-corrected chi connectivity index (χ3v) is 5.97. The molecule has 0 aromatic carbocycles. The number of ether oxygens (including phenoxy) is 1. The first-order chi connectivity index (χ1) is 6.24. The molecule has 2 fully saturated rings. The van der Waals surface area contributed by atoms with Gasteiger partial charge in [0.2, 0.25) is 0 Å². The second-order valence-corrected chi connectivity index (χ2v) is 5.81. The van der Waals surface area contributed by atoms with Crippen molar-refractivity contribution in [2.45, 2.75) is 24.9 Å². The summed E-state index contributed by atoms with van der Waals surface area (Å²) in [7, 11) is -1.13. The quantitative estimate of drug-likeness (QED) is 0.472. The molecule has 0 saturated heterocycles. The fourth-order valence-corrected chi connectivity index (χ4v) is 5.49. The summed E-state index contributed by atoms with van der Waals surface area (Å²) in [5.74, 6) is 0.232. The zero-order valence-electron chi connectivity index (χ0n) is 7.45. The van der Waals surface area contributed by atoms with E-state index in [0.29, 0.717) is 12.5 Å². The van der Waals surface area contributed by atoms with E-state index < -0.39 is 7.77 Å². The largest absolute Gasteiger partial charge is 0.630 e. The van der Waals surface area contributed by atoms with Crippen LogP contribution in [0.2, 0.25) is 0 Å². The van der Waals surface area contributed by atoms with Crippen molar-refractivity contribution in [3.8, 4) is 0 Å². The molecule has 0 N–H and O–H groups in total. The van der Waals surface area contributed by atoms with Gasteiger partial charge in [0.1, 0.15) is 11.2 Å². The minimum Gasteiger partial charge on any atom is -0.630 e. The van der Waals surface area contributed by atoms with Gasteiger partial charge >= 0.3 is 5.97 Å². The lowest BCUT2D eigenvalue weighted by atomic mass is 10.1. The van der Waals surface area contributed by atoms with Gasteiger partial charge in [-0.15, -0.1) is 0 Å². The van der Waals surface area contributed by atoms with Crippen molar-refractivity contribution in [2.24, 2.45) is 11.8 Å². The molecule has 0 radical (unpaired) electrons. The van der Waals surface area contributed by atoms with Gasteiger partial charge in [-0.25, -0.2) is 0 Å². The highest BCUT2D eigenvalue weighted by Gasteiger charge is 2.91. The van der Waals surface area contributed by atoms with Gasteiger partial charge in [-0.05, 0) is 13.3 Å². The van der Waals surface area contributed by atoms with E-state index in [1.807, 2.05) is 6.92 Å². The lowest BCUT2D eigenvalue weighted by Crippen LogP contribution is -2.13. The van der Waals surface area contributed by atoms with Gasteiger partial charge < -0.3 is 9.63 Å². The van der Waals surface area contributed by atoms with E-state index in [-0.39, 0.29) is 17.0 Å². The molecule has 2 saturated carbocycles. The Kier molecular flexibility index (Phi) is 1.32. The summed E-state index contributed by atoms with van der Waals surface area (Å²) in [6, 6.07) is 0. The second kappa shape index (κ2) is 2.15. The van der Waals surface area contributed by atoms with Crippen molar-refractivity contribution in [1.82, 2.24) is 0 Å². The fourth-order valence-electron chi connectivity index (χ4n) is 2.97. The van der Waals surface area contributed by atoms with Gasteiger partial charge in [0.25, 0.3) is 0 Å². The van der Waals surface area contributed by atoms with Crippen LogP contribution in [0.5, 0.6) is 0 Å². The number of hydrogen-bond acceptors (Lipinski definition) is 3. The van der Waals surface area contributed by atoms with Crippen molar-refractivity contribution in [3.05, 3.63) is 0 Å². The fraction of sp³-hybridized carbons (Fsp3) is 0.778. The molecule has 13 heavy (non-hydrogen) atoms. The Morgan fingerprint density at radius 3 is 3.15 bits per heavy atom. The maximum atomic E-state index is 11.5. The number of carbonyl (C=O) groups is 1. The third-order valence-electron chi connectivity index (χ3n) is 3.56. The monoisotopic (exact) mass is 198 g/mol. The zero-order chi connectivity index (χ0) is 9.22. The van der Waals surface area contributed by atoms with Crippen LogP contribution in [0.1, 0.15) is 19.8 Å². The second-order valence-electron chi connectivity index (χ2n) is 3.94. The Morgan fingerprint density at radius 2 is 2.62 bits per heavy atom. The van der Waals surface area contributed by atoms with Gasteiger partial charge in [0.15, 0.2) is 5.16 Å². The molecular formula is C9H11O3P. The van der Waals surface area contributed by atoms with Crippen LogP contribution < -0.4 is 4.89 Å². The number of hydrogen-bond donors (Lipinski definition) is 0. The van der Waals surface area contributed by atoms with Gasteiger partial charge in [-0.3, -0.25) is 4.79 Å². The van der Waals surface area contributed by atoms with Crippen LogP contribution in [0, 0.1) is 11.8 Å². The average Bonchev–Trinajstić information content (AvgIpc) is 2.86. The topological polar surface area (TPSA) is 49.4 Å². The normalized spacial score (nSPS) is 46.9. The Balaban J connectivity index is 1.77. The van der Waals surface area contributed by atoms with E-state index in [9.17, 15) is 9.69 Å². The Bertz CT molecular complexity index is 336. The molecule has 4 atom stereocenters. The number of rotatable bonds is 2. The molecule has 1 spiro atoms. The molecule has 0 bridgehead atoms. The first-order valence-corrected chi connectivity index (χ1v) is 6.00. The van der Waals surface area contributed by atoms with Crippen LogP contribution in [-0.4, -0.2) is 23.0 Å². The maximum absolute atomic E-state index is 11.5. The molecule has 4 heteroatoms. The summed E-state index contributed by atoms with van der Waals surface area (Å²) >= 11 is 0. The molecule has 70 valence electrons. The van der Waals surface area contributed by atoms with Crippen LogP contribution in [0.3, 0.4) is 0 Å². The van der Waals surface area contributed by atoms with E-state index in [1.165, 1.54) is 5.29 Å². The van der Waals surface area contributed by atoms with Crippen molar-refractivity contribution in [2.75, 3.05) is 6.61 Å². The molecular weight excluding hydrogens is 187 g/mol. The van der Waals surface area contributed by atoms with Crippen molar-refractivity contribution >= 4 is 19.0 Å². The van der Waals surface area contributed by atoms with Gasteiger partial charge in [0.05, 0.1) is 14.4 Å². The minimum atomic E-state index is -1.13. The first-order valence-electron chi connectivity index (χ1n) is 4.74. The smallest absolute Gasteiger partial charge is 0.314 e. The summed E-state index contributed by atoms with van der Waals surface area (Å²) < 4.78 is 4.96. The van der Waals surface area contributed by atoms with Crippen LogP contribution >= 0.6 is 7.77 Å². The summed E-state index contributed by atoms with van der Waals surface area (Å²) in [5.41, 5.74) is 0. The van der Waals surface area contributed by atoms with Crippen LogP contribution in [-0.2, 0) is 9.53 Å². The molecule has 3 aliphatic rings. The molecule has 4 unspecified atom stereocenters. The predicted octanol–water partition coefficient (Wildman–Crippen LogP) is 0.271. The minimum absolute atomic E-state index is 0.0280. The third kappa shape index (κ3) is 0.682. The highest BCUT2D eigenvalue weighted by Crippen LogP contribution is 2.82.